The normalized spacial score (nSPS) is 28.4. The molecule has 2 rings (SSSR count). The summed E-state index contributed by atoms with van der Waals surface area (Å²) in [7, 11) is 0. The van der Waals surface area contributed by atoms with E-state index in [0.29, 0.717) is 0 Å². The van der Waals surface area contributed by atoms with E-state index in [4.69, 9.17) is 0 Å². The molecule has 0 bridgehead atoms. The molecule has 2 nitrogen and oxygen atoms in total. The van der Waals surface area contributed by atoms with Gasteiger partial charge < -0.3 is 0 Å². The van der Waals surface area contributed by atoms with Crippen LogP contribution in [0.25, 0.3) is 0 Å². The minimum atomic E-state index is 1.36. The Labute approximate surface area is 95.0 Å². The molecular weight excluding hydrogens is 184 g/mol. The molecule has 0 aliphatic carbocycles. The highest BCUT2D eigenvalue weighted by atomic mass is 15.5. The van der Waals surface area contributed by atoms with Crippen LogP contribution in [-0.4, -0.2) is 54.9 Å². The van der Waals surface area contributed by atoms with Crippen molar-refractivity contribution in [3.8, 4) is 0 Å². The van der Waals surface area contributed by atoms with Crippen molar-refractivity contribution >= 4 is 0 Å². The summed E-state index contributed by atoms with van der Waals surface area (Å²) in [5, 5.41) is 0. The number of likely N-dealkylation sites (tertiary alicyclic amines) is 2. The van der Waals surface area contributed by atoms with E-state index in [-0.39, 0.29) is 0 Å². The van der Waals surface area contributed by atoms with Crippen LogP contribution in [0.2, 0.25) is 0 Å². The number of nitrogens with zero attached hydrogens (tertiary/aromatic N) is 2. The fourth-order valence-corrected chi connectivity index (χ4v) is 3.76. The molecule has 0 atom stereocenters. The molecule has 2 aliphatic heterocycles. The Bertz CT molecular complexity index is 179. The largest absolute Gasteiger partial charge is 0.277 e. The molecule has 2 fully saturated rings. The molecule has 0 radical (unpaired) electrons. The topological polar surface area (TPSA) is 0 Å². The van der Waals surface area contributed by atoms with Crippen LogP contribution in [0, 0.1) is 0 Å². The van der Waals surface area contributed by atoms with E-state index in [2.05, 4.69) is 13.8 Å². The van der Waals surface area contributed by atoms with Gasteiger partial charge in [-0.3, -0.25) is 8.97 Å². The summed E-state index contributed by atoms with van der Waals surface area (Å²) in [6, 6.07) is 0. The van der Waals surface area contributed by atoms with Gasteiger partial charge >= 0.3 is 0 Å². The van der Waals surface area contributed by atoms with Gasteiger partial charge in [0, 0.05) is 25.7 Å². The van der Waals surface area contributed by atoms with Gasteiger partial charge in [0.2, 0.25) is 6.67 Å². The molecule has 88 valence electrons. The lowest BCUT2D eigenvalue weighted by molar-refractivity contribution is -1.09. The average molecular weight is 212 g/mol. The molecule has 0 aromatic heterocycles. The van der Waals surface area contributed by atoms with Crippen LogP contribution < -0.4 is 0 Å². The molecule has 0 spiro atoms. The third-order valence-electron chi connectivity index (χ3n) is 4.97. The maximum atomic E-state index is 2.40. The number of rotatable bonds is 4. The smallest absolute Gasteiger partial charge is 0.207 e. The minimum Gasteiger partial charge on any atom is -0.277 e. The van der Waals surface area contributed by atoms with Crippen molar-refractivity contribution in [2.75, 3.05) is 45.9 Å². The molecule has 0 aromatic rings. The van der Waals surface area contributed by atoms with E-state index in [9.17, 15) is 0 Å². The molecule has 0 amide bonds. The Morgan fingerprint density at radius 2 is 1.00 bits per heavy atom. The summed E-state index contributed by atoms with van der Waals surface area (Å²) in [6.45, 7) is 14.8. The first kappa shape index (κ1) is 11.4. The summed E-state index contributed by atoms with van der Waals surface area (Å²) < 4.78 is 2.85. The third kappa shape index (κ3) is 2.21. The van der Waals surface area contributed by atoms with Gasteiger partial charge in [-0.2, -0.15) is 0 Å². The van der Waals surface area contributed by atoms with Gasteiger partial charge in [-0.25, -0.2) is 0 Å². The van der Waals surface area contributed by atoms with Crippen LogP contribution in [0.1, 0.15) is 39.5 Å². The highest BCUT2D eigenvalue weighted by molar-refractivity contribution is 4.56. The van der Waals surface area contributed by atoms with Gasteiger partial charge in [-0.15, -0.1) is 0 Å². The Balaban J connectivity index is 2.04. The van der Waals surface area contributed by atoms with Gasteiger partial charge in [0.25, 0.3) is 0 Å². The first-order valence-electron chi connectivity index (χ1n) is 6.94. The number of hydrogen-bond acceptors (Lipinski definition) is 0. The summed E-state index contributed by atoms with van der Waals surface area (Å²) >= 11 is 0. The Hall–Kier alpha value is -0.0800. The zero-order valence-electron chi connectivity index (χ0n) is 10.7. The predicted molar refractivity (Wildman–Crippen MR) is 64.4 cm³/mol. The molecule has 2 saturated heterocycles. The van der Waals surface area contributed by atoms with Crippen LogP contribution in [-0.2, 0) is 0 Å². The predicted octanol–water partition coefficient (Wildman–Crippen LogP) is 2.20. The van der Waals surface area contributed by atoms with E-state index in [1.807, 2.05) is 0 Å². The summed E-state index contributed by atoms with van der Waals surface area (Å²) in [5.41, 5.74) is 0. The number of quaternary nitrogens is 2. The van der Waals surface area contributed by atoms with Crippen LogP contribution >= 0.6 is 0 Å². The van der Waals surface area contributed by atoms with Crippen molar-refractivity contribution in [3.63, 3.8) is 0 Å². The lowest BCUT2D eigenvalue weighted by Crippen LogP contribution is -2.60. The van der Waals surface area contributed by atoms with Gasteiger partial charge in [-0.05, 0) is 13.8 Å². The Kier molecular flexibility index (Phi) is 3.36. The lowest BCUT2D eigenvalue weighted by atomic mass is 10.3. The quantitative estimate of drug-likeness (QED) is 0.627. The van der Waals surface area contributed by atoms with Crippen molar-refractivity contribution in [3.05, 3.63) is 0 Å². The molecule has 0 unspecified atom stereocenters. The van der Waals surface area contributed by atoms with Gasteiger partial charge in [-0.1, -0.05) is 0 Å². The van der Waals surface area contributed by atoms with E-state index in [0.717, 1.165) is 0 Å². The second-order valence-corrected chi connectivity index (χ2v) is 5.77. The maximum absolute atomic E-state index is 2.40. The SMILES string of the molecule is CC[N+]1(C[N+]2(CC)CCCC2)CCCC1. The van der Waals surface area contributed by atoms with E-state index < -0.39 is 0 Å². The van der Waals surface area contributed by atoms with Crippen LogP contribution in [0.15, 0.2) is 0 Å². The van der Waals surface area contributed by atoms with Crippen LogP contribution in [0.4, 0.5) is 0 Å². The lowest BCUT2D eigenvalue weighted by Gasteiger charge is -2.42. The van der Waals surface area contributed by atoms with E-state index in [1.54, 1.807) is 0 Å². The highest BCUT2D eigenvalue weighted by Crippen LogP contribution is 2.27. The summed E-state index contributed by atoms with van der Waals surface area (Å²) in [6.07, 6.45) is 5.88. The molecule has 15 heavy (non-hydrogen) atoms. The van der Waals surface area contributed by atoms with Crippen molar-refractivity contribution in [2.24, 2.45) is 0 Å². The standard InChI is InChI=1S/C13H28N2/c1-3-14(9-5-6-10-14)13-15(4-2)11-7-8-12-15/h3-13H2,1-2H3/q+2. The van der Waals surface area contributed by atoms with Gasteiger partial charge in [0.1, 0.15) is 0 Å². The second kappa shape index (κ2) is 4.42. The fourth-order valence-electron chi connectivity index (χ4n) is 3.76. The van der Waals surface area contributed by atoms with Crippen molar-refractivity contribution in [1.82, 2.24) is 0 Å². The van der Waals surface area contributed by atoms with Crippen LogP contribution in [0.3, 0.4) is 0 Å². The zero-order valence-corrected chi connectivity index (χ0v) is 10.7. The maximum Gasteiger partial charge on any atom is 0.207 e. The number of hydrogen-bond donors (Lipinski definition) is 0. The average Bonchev–Trinajstić information content (AvgIpc) is 2.89. The van der Waals surface area contributed by atoms with E-state index in [1.165, 1.54) is 80.6 Å². The Morgan fingerprint density at radius 3 is 1.27 bits per heavy atom. The molecule has 2 heterocycles. The molecular formula is C13H28N2+2. The fraction of sp³-hybridized carbons (Fsp3) is 1.00. The monoisotopic (exact) mass is 212 g/mol. The highest BCUT2D eigenvalue weighted by Gasteiger charge is 2.41. The molecule has 2 aliphatic rings. The first-order chi connectivity index (χ1) is 7.24. The Morgan fingerprint density at radius 1 is 0.667 bits per heavy atom. The van der Waals surface area contributed by atoms with Crippen LogP contribution in [0.5, 0.6) is 0 Å². The van der Waals surface area contributed by atoms with E-state index >= 15 is 0 Å². The zero-order chi connectivity index (χ0) is 10.8. The second-order valence-electron chi connectivity index (χ2n) is 5.77. The summed E-state index contributed by atoms with van der Waals surface area (Å²) in [5.74, 6) is 0. The molecule has 2 heteroatoms. The molecule has 0 saturated carbocycles. The molecule has 0 aromatic carbocycles. The van der Waals surface area contributed by atoms with Crippen molar-refractivity contribution in [2.45, 2.75) is 39.5 Å². The first-order valence-corrected chi connectivity index (χ1v) is 6.94. The third-order valence-corrected chi connectivity index (χ3v) is 4.97. The van der Waals surface area contributed by atoms with Gasteiger partial charge in [0.05, 0.1) is 39.3 Å². The van der Waals surface area contributed by atoms with Crippen molar-refractivity contribution in [1.29, 1.82) is 0 Å². The summed E-state index contributed by atoms with van der Waals surface area (Å²) in [4.78, 5) is 0. The van der Waals surface area contributed by atoms with Gasteiger partial charge in [0.15, 0.2) is 0 Å². The minimum absolute atomic E-state index is 1.36. The molecule has 0 N–H and O–H groups in total. The van der Waals surface area contributed by atoms with Crippen molar-refractivity contribution < 1.29 is 8.97 Å².